The van der Waals surface area contributed by atoms with Crippen LogP contribution in [0.2, 0.25) is 0 Å². The molecular formula is C15H10BrNO3S. The third-order valence-electron chi connectivity index (χ3n) is 3.02. The lowest BCUT2D eigenvalue weighted by molar-refractivity contribution is -0.113. The SMILES string of the molecule is Cc1ccccc1N1C(=O)S/C(=C/c2ccc(Br)o2)C1=O. The molecule has 0 saturated carbocycles. The Morgan fingerprint density at radius 2 is 1.95 bits per heavy atom. The van der Waals surface area contributed by atoms with E-state index in [1.807, 2.05) is 19.1 Å². The molecule has 0 spiro atoms. The molecule has 1 fully saturated rings. The van der Waals surface area contributed by atoms with Gasteiger partial charge in [0.05, 0.1) is 10.6 Å². The molecule has 2 aromatic rings. The van der Waals surface area contributed by atoms with Crippen LogP contribution in [0.4, 0.5) is 10.5 Å². The van der Waals surface area contributed by atoms with Gasteiger partial charge in [0.1, 0.15) is 5.76 Å². The second-order valence-corrected chi connectivity index (χ2v) is 6.22. The topological polar surface area (TPSA) is 50.5 Å². The quantitative estimate of drug-likeness (QED) is 0.732. The largest absolute Gasteiger partial charge is 0.450 e. The molecule has 0 bridgehead atoms. The Kier molecular flexibility index (Phi) is 3.73. The molecule has 2 heterocycles. The number of rotatable bonds is 2. The van der Waals surface area contributed by atoms with Crippen LogP contribution in [0.3, 0.4) is 0 Å². The van der Waals surface area contributed by atoms with Gasteiger partial charge in [-0.2, -0.15) is 0 Å². The van der Waals surface area contributed by atoms with Crippen molar-refractivity contribution in [3.8, 4) is 0 Å². The Morgan fingerprint density at radius 1 is 1.19 bits per heavy atom. The number of para-hydroxylation sites is 1. The first-order valence-electron chi connectivity index (χ1n) is 6.15. The highest BCUT2D eigenvalue weighted by atomic mass is 79.9. The minimum atomic E-state index is -0.327. The number of halogens is 1. The van der Waals surface area contributed by atoms with Gasteiger partial charge in [-0.05, 0) is 58.4 Å². The van der Waals surface area contributed by atoms with Crippen molar-refractivity contribution >= 4 is 50.6 Å². The summed E-state index contributed by atoms with van der Waals surface area (Å²) in [6.45, 7) is 1.87. The monoisotopic (exact) mass is 363 g/mol. The van der Waals surface area contributed by atoms with Gasteiger partial charge in [-0.15, -0.1) is 0 Å². The molecule has 0 radical (unpaired) electrons. The van der Waals surface area contributed by atoms with Crippen molar-refractivity contribution in [1.29, 1.82) is 0 Å². The van der Waals surface area contributed by atoms with Crippen LogP contribution in [-0.4, -0.2) is 11.1 Å². The summed E-state index contributed by atoms with van der Waals surface area (Å²) in [6, 6.07) is 10.8. The first-order chi connectivity index (χ1) is 10.1. The number of furan rings is 1. The van der Waals surface area contributed by atoms with Gasteiger partial charge in [0.25, 0.3) is 11.1 Å². The summed E-state index contributed by atoms with van der Waals surface area (Å²) in [6.07, 6.45) is 1.58. The second kappa shape index (κ2) is 5.54. The molecule has 2 amide bonds. The first-order valence-corrected chi connectivity index (χ1v) is 7.76. The third-order valence-corrected chi connectivity index (χ3v) is 4.31. The number of benzene rings is 1. The Labute approximate surface area is 133 Å². The van der Waals surface area contributed by atoms with Gasteiger partial charge in [-0.1, -0.05) is 18.2 Å². The fourth-order valence-electron chi connectivity index (χ4n) is 2.02. The van der Waals surface area contributed by atoms with Gasteiger partial charge in [0.2, 0.25) is 0 Å². The Hall–Kier alpha value is -1.79. The molecule has 1 aromatic carbocycles. The summed E-state index contributed by atoms with van der Waals surface area (Å²) >= 11 is 4.11. The van der Waals surface area contributed by atoms with E-state index < -0.39 is 0 Å². The number of carbonyl (C=O) groups is 2. The number of carbonyl (C=O) groups excluding carboxylic acids is 2. The summed E-state index contributed by atoms with van der Waals surface area (Å²) in [7, 11) is 0. The maximum atomic E-state index is 12.4. The lowest BCUT2D eigenvalue weighted by atomic mass is 10.2. The summed E-state index contributed by atoms with van der Waals surface area (Å²) in [5.74, 6) is 0.198. The highest BCUT2D eigenvalue weighted by molar-refractivity contribution is 9.10. The van der Waals surface area contributed by atoms with Crippen LogP contribution in [0.25, 0.3) is 6.08 Å². The van der Waals surface area contributed by atoms with Crippen molar-refractivity contribution in [2.75, 3.05) is 4.90 Å². The van der Waals surface area contributed by atoms with E-state index in [9.17, 15) is 9.59 Å². The van der Waals surface area contributed by atoms with Crippen LogP contribution in [0.5, 0.6) is 0 Å². The van der Waals surface area contributed by atoms with Crippen molar-refractivity contribution in [2.45, 2.75) is 6.92 Å². The molecule has 21 heavy (non-hydrogen) atoms. The number of anilines is 1. The number of imide groups is 1. The van der Waals surface area contributed by atoms with Crippen LogP contribution in [0.1, 0.15) is 11.3 Å². The molecule has 1 aliphatic heterocycles. The highest BCUT2D eigenvalue weighted by Crippen LogP contribution is 2.37. The van der Waals surface area contributed by atoms with E-state index in [0.29, 0.717) is 21.0 Å². The van der Waals surface area contributed by atoms with Crippen LogP contribution in [0, 0.1) is 6.92 Å². The van der Waals surface area contributed by atoms with Crippen molar-refractivity contribution in [1.82, 2.24) is 0 Å². The van der Waals surface area contributed by atoms with Gasteiger partial charge in [-0.3, -0.25) is 9.59 Å². The number of nitrogens with zero attached hydrogens (tertiary/aromatic N) is 1. The zero-order valence-electron chi connectivity index (χ0n) is 11.0. The van der Waals surface area contributed by atoms with Crippen molar-refractivity contribution in [3.63, 3.8) is 0 Å². The van der Waals surface area contributed by atoms with Gasteiger partial charge >= 0.3 is 0 Å². The fraction of sp³-hybridized carbons (Fsp3) is 0.0667. The normalized spacial score (nSPS) is 17.0. The number of thioether (sulfide) groups is 1. The lowest BCUT2D eigenvalue weighted by Crippen LogP contribution is -2.28. The summed E-state index contributed by atoms with van der Waals surface area (Å²) in [5, 5.41) is -0.300. The molecule has 106 valence electrons. The third kappa shape index (κ3) is 2.69. The van der Waals surface area contributed by atoms with Gasteiger partial charge < -0.3 is 4.42 Å². The Balaban J connectivity index is 1.96. The number of amides is 2. The van der Waals surface area contributed by atoms with E-state index in [2.05, 4.69) is 15.9 Å². The van der Waals surface area contributed by atoms with Crippen LogP contribution < -0.4 is 4.90 Å². The van der Waals surface area contributed by atoms with Crippen LogP contribution in [-0.2, 0) is 4.79 Å². The van der Waals surface area contributed by atoms with E-state index in [0.717, 1.165) is 17.3 Å². The average molecular weight is 364 g/mol. The van der Waals surface area contributed by atoms with Crippen molar-refractivity contribution < 1.29 is 14.0 Å². The molecule has 0 atom stereocenters. The molecule has 0 N–H and O–H groups in total. The average Bonchev–Trinajstić information content (AvgIpc) is 2.96. The maximum absolute atomic E-state index is 12.4. The fourth-order valence-corrected chi connectivity index (χ4v) is 3.16. The standard InChI is InChI=1S/C15H10BrNO3S/c1-9-4-2-3-5-11(9)17-14(18)12(21-15(17)19)8-10-6-7-13(16)20-10/h2-8H,1H3/b12-8+. The van der Waals surface area contributed by atoms with Crippen molar-refractivity contribution in [3.05, 3.63) is 57.3 Å². The van der Waals surface area contributed by atoms with Gasteiger partial charge in [-0.25, -0.2) is 4.90 Å². The van der Waals surface area contributed by atoms with E-state index in [1.165, 1.54) is 4.90 Å². The van der Waals surface area contributed by atoms with E-state index in [1.54, 1.807) is 30.3 Å². The predicted molar refractivity (Wildman–Crippen MR) is 86.0 cm³/mol. The molecule has 4 nitrogen and oxygen atoms in total. The first kappa shape index (κ1) is 14.2. The van der Waals surface area contributed by atoms with Gasteiger partial charge in [0, 0.05) is 6.08 Å². The Morgan fingerprint density at radius 3 is 2.62 bits per heavy atom. The molecule has 1 saturated heterocycles. The zero-order chi connectivity index (χ0) is 15.0. The smallest absolute Gasteiger partial charge is 0.298 e. The van der Waals surface area contributed by atoms with E-state index in [4.69, 9.17) is 4.42 Å². The maximum Gasteiger partial charge on any atom is 0.298 e. The molecule has 0 unspecified atom stereocenters. The number of hydrogen-bond donors (Lipinski definition) is 0. The molecule has 6 heteroatoms. The second-order valence-electron chi connectivity index (χ2n) is 4.45. The molecule has 1 aromatic heterocycles. The molecule has 0 aliphatic carbocycles. The zero-order valence-corrected chi connectivity index (χ0v) is 13.4. The summed E-state index contributed by atoms with van der Waals surface area (Å²) in [4.78, 5) is 26.1. The minimum absolute atomic E-state index is 0.300. The highest BCUT2D eigenvalue weighted by Gasteiger charge is 2.37. The Bertz CT molecular complexity index is 766. The predicted octanol–water partition coefficient (Wildman–Crippen LogP) is 4.59. The van der Waals surface area contributed by atoms with Crippen LogP contribution >= 0.6 is 27.7 Å². The minimum Gasteiger partial charge on any atom is -0.450 e. The van der Waals surface area contributed by atoms with Crippen molar-refractivity contribution in [2.24, 2.45) is 0 Å². The molecular weight excluding hydrogens is 354 g/mol. The van der Waals surface area contributed by atoms with Crippen LogP contribution in [0.15, 0.2) is 50.4 Å². The lowest BCUT2D eigenvalue weighted by Gasteiger charge is -2.14. The number of aryl methyl sites for hydroxylation is 1. The van der Waals surface area contributed by atoms with Gasteiger partial charge in [0.15, 0.2) is 4.67 Å². The van der Waals surface area contributed by atoms with E-state index >= 15 is 0 Å². The number of hydrogen-bond acceptors (Lipinski definition) is 4. The van der Waals surface area contributed by atoms with E-state index in [-0.39, 0.29) is 11.1 Å². The summed E-state index contributed by atoms with van der Waals surface area (Å²) in [5.41, 5.74) is 1.49. The molecule has 3 rings (SSSR count). The molecule has 1 aliphatic rings. The summed E-state index contributed by atoms with van der Waals surface area (Å²) < 4.78 is 5.91.